The van der Waals surface area contributed by atoms with Gasteiger partial charge in [-0.05, 0) is 0 Å². The normalized spacial score (nSPS) is 0. The monoisotopic (exact) mass is 654 g/mol. The maximum Gasteiger partial charge on any atom is 2.00 e. The molecule has 13 heavy (non-hydrogen) atoms. The molecule has 10 N–H and O–H groups in total. The van der Waals surface area contributed by atoms with E-state index in [0.29, 0.717) is 0 Å². The van der Waals surface area contributed by atoms with E-state index in [-0.39, 0.29) is 228 Å². The minimum absolute atomic E-state index is 0. The zero-order valence-electron chi connectivity index (χ0n) is 6.70. The second-order valence-corrected chi connectivity index (χ2v) is 0. The van der Waals surface area contributed by atoms with Crippen molar-refractivity contribution in [1.29, 1.82) is 0 Å². The Balaban J connectivity index is 0. The van der Waals surface area contributed by atoms with Crippen LogP contribution in [0.15, 0.2) is 0 Å². The van der Waals surface area contributed by atoms with E-state index in [0.717, 1.165) is 0 Å². The van der Waals surface area contributed by atoms with Crippen LogP contribution in [-0.2, 0) is 37.1 Å². The van der Waals surface area contributed by atoms with E-state index in [1.807, 2.05) is 0 Å². The first kappa shape index (κ1) is 185. The molecule has 0 bridgehead atoms. The summed E-state index contributed by atoms with van der Waals surface area (Å²) in [7, 11) is 0. The van der Waals surface area contributed by atoms with Gasteiger partial charge < -0.3 is 43.8 Å². The molecule has 0 aliphatic carbocycles. The average molecular weight is 652 g/mol. The van der Waals surface area contributed by atoms with Crippen molar-refractivity contribution in [2.45, 2.75) is 0 Å². The van der Waals surface area contributed by atoms with E-state index < -0.39 is 0 Å². The zero-order valence-corrected chi connectivity index (χ0v) is 22.8. The predicted molar refractivity (Wildman–Crippen MR) is 36.1 cm³/mol. The molecule has 0 aromatic carbocycles. The van der Waals surface area contributed by atoms with E-state index in [2.05, 4.69) is 0 Å². The molecule has 0 aliphatic heterocycles. The molecule has 0 heterocycles. The second-order valence-electron chi connectivity index (χ2n) is 0. The van der Waals surface area contributed by atoms with Crippen LogP contribution < -0.4 is 0 Å². The molecule has 0 atom stereocenters. The van der Waals surface area contributed by atoms with Crippen molar-refractivity contribution < 1.29 is 80.9 Å². The van der Waals surface area contributed by atoms with Gasteiger partial charge in [-0.1, -0.05) is 0 Å². The number of hydrogen-bond donors (Lipinski definition) is 0. The number of hydrogen-bond acceptors (Lipinski definition) is 6. The summed E-state index contributed by atoms with van der Waals surface area (Å²) in [5, 5.41) is 0. The summed E-state index contributed by atoms with van der Waals surface area (Å²) in [5.41, 5.74) is 0. The Morgan fingerprint density at radius 2 is 0.308 bits per heavy atom. The fourth-order valence-corrected chi connectivity index (χ4v) is 0. The Labute approximate surface area is 221 Å². The van der Waals surface area contributed by atoms with E-state index in [1.54, 1.807) is 0 Å². The zero-order chi connectivity index (χ0) is 0. The minimum Gasteiger partial charge on any atom is -0.870 e. The Hall–Kier alpha value is 5.56. The van der Waals surface area contributed by atoms with Crippen LogP contribution >= 0.6 is 0 Å². The van der Waals surface area contributed by atoms with Crippen molar-refractivity contribution >= 4 is 147 Å². The minimum atomic E-state index is 0. The van der Waals surface area contributed by atoms with Crippen molar-refractivity contribution in [1.82, 2.24) is 0 Å². The Kier molecular flexibility index (Phi) is 2220. The molecule has 0 amide bonds. The molecule has 0 saturated carbocycles. The fourth-order valence-electron chi connectivity index (χ4n) is 0. The molecule has 0 aromatic heterocycles. The molecule has 0 aliphatic rings. The molecule has 0 fully saturated rings. The van der Waals surface area contributed by atoms with Gasteiger partial charge in [0.1, 0.15) is 0 Å². The Morgan fingerprint density at radius 1 is 0.308 bits per heavy atom. The first-order chi connectivity index (χ1) is 0. The summed E-state index contributed by atoms with van der Waals surface area (Å²) in [6.45, 7) is 0. The van der Waals surface area contributed by atoms with E-state index in [9.17, 15) is 0 Å². The van der Waals surface area contributed by atoms with Gasteiger partial charge in [0.2, 0.25) is 0 Å². The van der Waals surface area contributed by atoms with Crippen molar-refractivity contribution in [3.63, 3.8) is 0 Å². The van der Waals surface area contributed by atoms with Gasteiger partial charge in [-0.2, -0.15) is 0 Å². The molecule has 13 heteroatoms. The van der Waals surface area contributed by atoms with Crippen LogP contribution in [0.3, 0.4) is 0 Å². The molecule has 0 spiro atoms. The smallest absolute Gasteiger partial charge is 0.870 e. The van der Waals surface area contributed by atoms with Crippen LogP contribution in [0, 0.1) is 0 Å². The molecular weight excluding hydrogens is 642 g/mol. The van der Waals surface area contributed by atoms with Crippen molar-refractivity contribution in [2.75, 3.05) is 0 Å². The number of rotatable bonds is 0. The standard InChI is InChI=1S/3Ba.8H2O.2V/h;;;8*1H2;;/q3*+2;;;;;;;;;;/p-6. The predicted octanol–water partition coefficient (Wildman–Crippen LogP) is -3.86. The summed E-state index contributed by atoms with van der Waals surface area (Å²) in [5.74, 6) is 0. The van der Waals surface area contributed by atoms with Gasteiger partial charge in [-0.15, -0.1) is 0 Å². The molecule has 0 saturated heterocycles. The SMILES string of the molecule is O.O.[Ba+2].[Ba+2].[Ba+2].[OH-].[OH-].[OH-].[OH-].[OH-].[OH-].[V].[V]. The van der Waals surface area contributed by atoms with Gasteiger partial charge in [0.05, 0.1) is 0 Å². The van der Waals surface area contributed by atoms with Crippen molar-refractivity contribution in [3.8, 4) is 0 Å². The molecule has 0 aromatic rings. The van der Waals surface area contributed by atoms with Crippen LogP contribution in [-0.4, -0.2) is 190 Å². The van der Waals surface area contributed by atoms with Crippen LogP contribution in [0.1, 0.15) is 0 Å². The van der Waals surface area contributed by atoms with Crippen LogP contribution in [0.25, 0.3) is 0 Å². The molecule has 0 rings (SSSR count). The first-order valence-electron chi connectivity index (χ1n) is 0. The van der Waals surface area contributed by atoms with Gasteiger partial charge in [0.15, 0.2) is 0 Å². The van der Waals surface area contributed by atoms with Gasteiger partial charge in [-0.3, -0.25) is 0 Å². The van der Waals surface area contributed by atoms with Crippen LogP contribution in [0.5, 0.6) is 0 Å². The molecule has 74 valence electrons. The maximum atomic E-state index is 0. The quantitative estimate of drug-likeness (QED) is 0.237. The van der Waals surface area contributed by atoms with Gasteiger partial charge in [0, 0.05) is 37.1 Å². The third-order valence-corrected chi connectivity index (χ3v) is 0. The Morgan fingerprint density at radius 3 is 0.308 bits per heavy atom. The third-order valence-electron chi connectivity index (χ3n) is 0. The summed E-state index contributed by atoms with van der Waals surface area (Å²) in [4.78, 5) is 0. The van der Waals surface area contributed by atoms with Crippen LogP contribution in [0.4, 0.5) is 0 Å². The summed E-state index contributed by atoms with van der Waals surface area (Å²) < 4.78 is 0. The van der Waals surface area contributed by atoms with E-state index >= 15 is 0 Å². The van der Waals surface area contributed by atoms with Gasteiger partial charge in [-0.25, -0.2) is 0 Å². The first-order valence-corrected chi connectivity index (χ1v) is 0. The fraction of sp³-hybridized carbons (Fsp3) is 0. The summed E-state index contributed by atoms with van der Waals surface area (Å²) in [6.07, 6.45) is 0. The third kappa shape index (κ3) is 137. The average Bonchev–Trinajstić information content (AvgIpc) is 0. The summed E-state index contributed by atoms with van der Waals surface area (Å²) >= 11 is 0. The van der Waals surface area contributed by atoms with Crippen molar-refractivity contribution in [2.24, 2.45) is 0 Å². The largest absolute Gasteiger partial charge is 2.00 e. The molecule has 0 unspecified atom stereocenters. The topological polar surface area (TPSA) is 243 Å². The van der Waals surface area contributed by atoms with E-state index in [4.69, 9.17) is 0 Å². The maximum absolute atomic E-state index is 0. The molecular formula is H10Ba3O8V2. The molecule has 8 nitrogen and oxygen atoms in total. The van der Waals surface area contributed by atoms with E-state index in [1.165, 1.54) is 0 Å². The second kappa shape index (κ2) is 156. The van der Waals surface area contributed by atoms with Crippen LogP contribution in [0.2, 0.25) is 0 Å². The summed E-state index contributed by atoms with van der Waals surface area (Å²) in [6, 6.07) is 0. The van der Waals surface area contributed by atoms with Gasteiger partial charge in [0.25, 0.3) is 0 Å². The molecule has 2 radical (unpaired) electrons. The Bertz CT molecular complexity index is 17.4. The van der Waals surface area contributed by atoms with Gasteiger partial charge >= 0.3 is 147 Å². The van der Waals surface area contributed by atoms with Crippen molar-refractivity contribution in [3.05, 3.63) is 0 Å².